The molecule has 1 aromatic rings. The lowest BCUT2D eigenvalue weighted by molar-refractivity contribution is 0.191. The van der Waals surface area contributed by atoms with E-state index in [9.17, 15) is 4.79 Å². The average Bonchev–Trinajstić information content (AvgIpc) is 2.31. The van der Waals surface area contributed by atoms with E-state index in [4.69, 9.17) is 7.85 Å². The van der Waals surface area contributed by atoms with Gasteiger partial charge in [0.2, 0.25) is 7.85 Å². The number of hydrogen-bond acceptors (Lipinski definition) is 1. The maximum atomic E-state index is 11.0. The smallest absolute Gasteiger partial charge is 0.200 e. The van der Waals surface area contributed by atoms with Gasteiger partial charge >= 0.3 is 0 Å². The second kappa shape index (κ2) is 5.19. The highest BCUT2D eigenvalue weighted by atomic mass is 16.1. The van der Waals surface area contributed by atoms with Crippen LogP contribution in [0.2, 0.25) is 0 Å². The van der Waals surface area contributed by atoms with E-state index in [0.29, 0.717) is 5.92 Å². The molecule has 2 rings (SSSR count). The third-order valence-electron chi connectivity index (χ3n) is 3.29. The summed E-state index contributed by atoms with van der Waals surface area (Å²) in [7, 11) is 5.25. The van der Waals surface area contributed by atoms with Crippen LogP contribution in [0.3, 0.4) is 0 Å². The highest BCUT2D eigenvalue weighted by Gasteiger charge is 2.20. The van der Waals surface area contributed by atoms with E-state index in [2.05, 4.69) is 24.3 Å². The van der Waals surface area contributed by atoms with Crippen LogP contribution in [0.4, 0.5) is 4.79 Å². The summed E-state index contributed by atoms with van der Waals surface area (Å²) < 4.78 is 0. The minimum Gasteiger partial charge on any atom is -0.353 e. The van der Waals surface area contributed by atoms with Gasteiger partial charge < -0.3 is 4.90 Å². The molecule has 1 aliphatic heterocycles. The molecular formula is C13H16BNO. The normalized spacial score (nSPS) is 17.4. The number of benzene rings is 1. The van der Waals surface area contributed by atoms with E-state index in [1.54, 1.807) is 4.90 Å². The molecule has 0 aromatic heterocycles. The van der Waals surface area contributed by atoms with Gasteiger partial charge in [0.15, 0.2) is 5.81 Å². The van der Waals surface area contributed by atoms with Gasteiger partial charge in [-0.1, -0.05) is 30.3 Å². The van der Waals surface area contributed by atoms with E-state index in [1.165, 1.54) is 5.56 Å². The Morgan fingerprint density at radius 1 is 1.25 bits per heavy atom. The lowest BCUT2D eigenvalue weighted by atomic mass is 9.89. The van der Waals surface area contributed by atoms with Crippen molar-refractivity contribution in [3.63, 3.8) is 0 Å². The summed E-state index contributed by atoms with van der Waals surface area (Å²) in [6.07, 6.45) is 3.25. The molecule has 0 N–H and O–H groups in total. The number of carbonyl (C=O) groups is 1. The molecule has 3 heteroatoms. The van der Waals surface area contributed by atoms with Crippen molar-refractivity contribution in [1.29, 1.82) is 0 Å². The molecule has 1 saturated heterocycles. The van der Waals surface area contributed by atoms with Crippen molar-refractivity contribution in [3.05, 3.63) is 35.9 Å². The summed E-state index contributed by atoms with van der Waals surface area (Å²) in [4.78, 5) is 12.7. The van der Waals surface area contributed by atoms with Crippen LogP contribution < -0.4 is 0 Å². The van der Waals surface area contributed by atoms with Crippen LogP contribution >= 0.6 is 0 Å². The number of nitrogens with zero attached hydrogens (tertiary/aromatic N) is 1. The molecule has 0 aliphatic carbocycles. The molecule has 0 atom stereocenters. The molecule has 0 spiro atoms. The predicted octanol–water partition coefficient (Wildman–Crippen LogP) is 2.23. The summed E-state index contributed by atoms with van der Waals surface area (Å²) in [6.45, 7) is 1.62. The summed E-state index contributed by atoms with van der Waals surface area (Å²) in [6, 6.07) is 10.5. The minimum atomic E-state index is -0.279. The van der Waals surface area contributed by atoms with Crippen molar-refractivity contribution in [2.45, 2.75) is 19.3 Å². The molecule has 16 heavy (non-hydrogen) atoms. The monoisotopic (exact) mass is 213 g/mol. The van der Waals surface area contributed by atoms with Crippen LogP contribution in [0.15, 0.2) is 30.3 Å². The summed E-state index contributed by atoms with van der Waals surface area (Å²) in [5, 5.41) is 0. The fraction of sp³-hybridized carbons (Fsp3) is 0.462. The van der Waals surface area contributed by atoms with Gasteiger partial charge in [-0.15, -0.1) is 0 Å². The quantitative estimate of drug-likeness (QED) is 0.690. The van der Waals surface area contributed by atoms with Gasteiger partial charge in [0.25, 0.3) is 0 Å². The largest absolute Gasteiger partial charge is 0.353 e. The second-order valence-electron chi connectivity index (χ2n) is 4.46. The third kappa shape index (κ3) is 2.88. The molecule has 1 aliphatic rings. The Morgan fingerprint density at radius 3 is 2.44 bits per heavy atom. The van der Waals surface area contributed by atoms with Crippen molar-refractivity contribution in [3.8, 4) is 0 Å². The minimum absolute atomic E-state index is 0.279. The molecule has 0 bridgehead atoms. The molecule has 1 amide bonds. The van der Waals surface area contributed by atoms with E-state index in [0.717, 1.165) is 32.4 Å². The van der Waals surface area contributed by atoms with Gasteiger partial charge in [0.05, 0.1) is 0 Å². The molecule has 2 nitrogen and oxygen atoms in total. The van der Waals surface area contributed by atoms with Crippen LogP contribution in [0.25, 0.3) is 0 Å². The van der Waals surface area contributed by atoms with Crippen molar-refractivity contribution >= 4 is 13.7 Å². The predicted molar refractivity (Wildman–Crippen MR) is 65.6 cm³/mol. The fourth-order valence-corrected chi connectivity index (χ4v) is 2.30. The summed E-state index contributed by atoms with van der Waals surface area (Å²) in [5.41, 5.74) is 1.39. The first-order chi connectivity index (χ1) is 7.75. The number of amides is 1. The zero-order valence-corrected chi connectivity index (χ0v) is 9.43. The van der Waals surface area contributed by atoms with Gasteiger partial charge in [0, 0.05) is 13.1 Å². The number of hydrogen-bond donors (Lipinski definition) is 0. The molecule has 1 aromatic carbocycles. The van der Waals surface area contributed by atoms with Gasteiger partial charge in [-0.3, -0.25) is 4.79 Å². The molecule has 82 valence electrons. The zero-order valence-electron chi connectivity index (χ0n) is 9.43. The number of rotatable bonds is 2. The van der Waals surface area contributed by atoms with Crippen molar-refractivity contribution in [2.75, 3.05) is 13.1 Å². The van der Waals surface area contributed by atoms with Crippen molar-refractivity contribution in [1.82, 2.24) is 4.90 Å². The van der Waals surface area contributed by atoms with E-state index in [-0.39, 0.29) is 5.81 Å². The SMILES string of the molecule is [B]C(=O)N1CCC(Cc2ccccc2)CC1. The number of carbonyl (C=O) groups excluding carboxylic acids is 1. The van der Waals surface area contributed by atoms with Crippen LogP contribution in [0.1, 0.15) is 18.4 Å². The highest BCUT2D eigenvalue weighted by Crippen LogP contribution is 2.21. The second-order valence-corrected chi connectivity index (χ2v) is 4.46. The van der Waals surface area contributed by atoms with Crippen LogP contribution in [-0.4, -0.2) is 31.6 Å². The Bertz CT molecular complexity index is 344. The Labute approximate surface area is 98.1 Å². The van der Waals surface area contributed by atoms with Crippen LogP contribution in [0, 0.1) is 5.92 Å². The van der Waals surface area contributed by atoms with Gasteiger partial charge in [-0.2, -0.15) is 0 Å². The van der Waals surface area contributed by atoms with Gasteiger partial charge in [-0.05, 0) is 30.7 Å². The standard InChI is InChI=1S/C13H16BNO/c14-13(16)15-8-6-12(7-9-15)10-11-4-2-1-3-5-11/h1-5,12H,6-10H2. The Balaban J connectivity index is 1.84. The van der Waals surface area contributed by atoms with Crippen LogP contribution in [0.5, 0.6) is 0 Å². The first-order valence-corrected chi connectivity index (χ1v) is 5.84. The van der Waals surface area contributed by atoms with E-state index in [1.807, 2.05) is 6.07 Å². The lowest BCUT2D eigenvalue weighted by Crippen LogP contribution is -2.38. The molecule has 2 radical (unpaired) electrons. The Kier molecular flexibility index (Phi) is 3.65. The highest BCUT2D eigenvalue weighted by molar-refractivity contribution is 6.56. The van der Waals surface area contributed by atoms with Crippen LogP contribution in [-0.2, 0) is 6.42 Å². The fourth-order valence-electron chi connectivity index (χ4n) is 2.30. The number of likely N-dealkylation sites (tertiary alicyclic amines) is 1. The maximum absolute atomic E-state index is 11.0. The molecule has 1 fully saturated rings. The first kappa shape index (κ1) is 11.2. The number of piperidine rings is 1. The summed E-state index contributed by atoms with van der Waals surface area (Å²) in [5.74, 6) is 0.413. The van der Waals surface area contributed by atoms with Gasteiger partial charge in [0.1, 0.15) is 0 Å². The summed E-state index contributed by atoms with van der Waals surface area (Å²) >= 11 is 0. The van der Waals surface area contributed by atoms with E-state index < -0.39 is 0 Å². The molecule has 1 heterocycles. The van der Waals surface area contributed by atoms with Crippen molar-refractivity contribution < 1.29 is 4.79 Å². The lowest BCUT2D eigenvalue weighted by Gasteiger charge is -2.31. The van der Waals surface area contributed by atoms with Gasteiger partial charge in [-0.25, -0.2) is 0 Å². The first-order valence-electron chi connectivity index (χ1n) is 5.84. The third-order valence-corrected chi connectivity index (χ3v) is 3.29. The zero-order chi connectivity index (χ0) is 11.4. The van der Waals surface area contributed by atoms with E-state index >= 15 is 0 Å². The average molecular weight is 213 g/mol. The molecule has 0 unspecified atom stereocenters. The molecular weight excluding hydrogens is 197 g/mol. The Hall–Kier alpha value is -1.25. The Morgan fingerprint density at radius 2 is 1.88 bits per heavy atom. The van der Waals surface area contributed by atoms with Crippen molar-refractivity contribution in [2.24, 2.45) is 5.92 Å². The maximum Gasteiger partial charge on any atom is 0.200 e. The topological polar surface area (TPSA) is 20.3 Å². The molecule has 0 saturated carbocycles.